The molecule has 1 rings (SSSR count). The topological polar surface area (TPSA) is 23.1 Å². The van der Waals surface area contributed by atoms with Crippen LogP contribution in [0, 0.1) is 0 Å². The summed E-state index contributed by atoms with van der Waals surface area (Å²) in [6.45, 7) is 0. The van der Waals surface area contributed by atoms with E-state index in [1.807, 2.05) is 24.3 Å². The van der Waals surface area contributed by atoms with Crippen LogP contribution in [0.15, 0.2) is 48.3 Å². The number of hydrogen-bond donors (Lipinski definition) is 0. The van der Waals surface area contributed by atoms with Crippen LogP contribution in [-0.2, 0) is 0 Å². The van der Waals surface area contributed by atoms with Crippen LogP contribution >= 0.6 is 0 Å². The zero-order chi connectivity index (χ0) is 6.53. The summed E-state index contributed by atoms with van der Waals surface area (Å²) in [4.78, 5) is 0. The summed E-state index contributed by atoms with van der Waals surface area (Å²) in [5.41, 5.74) is 0.708. The van der Waals surface area contributed by atoms with Crippen molar-refractivity contribution in [3.8, 4) is 0 Å². The molecule has 0 saturated carbocycles. The van der Waals surface area contributed by atoms with Gasteiger partial charge in [0.05, 0.1) is 0 Å². The van der Waals surface area contributed by atoms with Crippen LogP contribution < -0.4 is 5.11 Å². The Kier molecular flexibility index (Phi) is 1.91. The maximum Gasteiger partial charge on any atom is -0.0409 e. The normalized spacial score (nSPS) is 15.8. The third-order valence-electron chi connectivity index (χ3n) is 1.05. The summed E-state index contributed by atoms with van der Waals surface area (Å²) in [6, 6.07) is 0. The van der Waals surface area contributed by atoms with E-state index in [1.165, 1.54) is 0 Å². The van der Waals surface area contributed by atoms with E-state index in [0.29, 0.717) is 5.57 Å². The van der Waals surface area contributed by atoms with Crippen molar-refractivity contribution >= 4 is 0 Å². The second-order valence-electron chi connectivity index (χ2n) is 1.72. The van der Waals surface area contributed by atoms with Crippen LogP contribution in [0.1, 0.15) is 0 Å². The smallest absolute Gasteiger partial charge is 0.0409 e. The first kappa shape index (κ1) is 5.89. The number of hydrogen-bond acceptors (Lipinski definition) is 1. The molecule has 0 aliphatic heterocycles. The summed E-state index contributed by atoms with van der Waals surface area (Å²) in [5.74, 6) is 0. The first-order valence-corrected chi connectivity index (χ1v) is 2.77. The van der Waals surface area contributed by atoms with Crippen LogP contribution in [0.25, 0.3) is 0 Å². The summed E-state index contributed by atoms with van der Waals surface area (Å²) in [7, 11) is 0. The molecule has 0 spiro atoms. The third kappa shape index (κ3) is 1.61. The molecule has 0 bridgehead atoms. The Morgan fingerprint density at radius 2 is 1.56 bits per heavy atom. The standard InChI is InChI=1S/C8H8O/c9-7-8-5-3-1-2-4-6-8/h1-7,9H/p-1. The Hall–Kier alpha value is -1.24. The van der Waals surface area contributed by atoms with Crippen molar-refractivity contribution in [2.45, 2.75) is 0 Å². The van der Waals surface area contributed by atoms with Gasteiger partial charge in [-0.3, -0.25) is 0 Å². The van der Waals surface area contributed by atoms with Crippen LogP contribution in [0.3, 0.4) is 0 Å². The fourth-order valence-corrected chi connectivity index (χ4v) is 0.596. The lowest BCUT2D eigenvalue weighted by molar-refractivity contribution is -0.275. The van der Waals surface area contributed by atoms with Gasteiger partial charge in [0, 0.05) is 0 Å². The molecule has 0 aromatic heterocycles. The monoisotopic (exact) mass is 119 g/mol. The lowest BCUT2D eigenvalue weighted by atomic mass is 10.3. The molecule has 0 radical (unpaired) electrons. The second-order valence-corrected chi connectivity index (χ2v) is 1.72. The van der Waals surface area contributed by atoms with Gasteiger partial charge in [-0.05, 0) is 5.57 Å². The molecule has 0 N–H and O–H groups in total. The molecule has 46 valence electrons. The van der Waals surface area contributed by atoms with Gasteiger partial charge in [-0.2, -0.15) is 0 Å². The van der Waals surface area contributed by atoms with Crippen LogP contribution in [-0.4, -0.2) is 0 Å². The van der Waals surface area contributed by atoms with Gasteiger partial charge in [-0.15, -0.1) is 6.26 Å². The molecule has 0 heterocycles. The number of allylic oxidation sites excluding steroid dienone is 7. The van der Waals surface area contributed by atoms with Gasteiger partial charge in [0.15, 0.2) is 0 Å². The van der Waals surface area contributed by atoms with Gasteiger partial charge in [-0.1, -0.05) is 36.5 Å². The fraction of sp³-hybridized carbons (Fsp3) is 0. The van der Waals surface area contributed by atoms with Gasteiger partial charge >= 0.3 is 0 Å². The minimum Gasteiger partial charge on any atom is -0.877 e. The second kappa shape index (κ2) is 2.92. The van der Waals surface area contributed by atoms with E-state index < -0.39 is 0 Å². The highest BCUT2D eigenvalue weighted by Crippen LogP contribution is 2.00. The fourth-order valence-electron chi connectivity index (χ4n) is 0.596. The molecule has 9 heavy (non-hydrogen) atoms. The van der Waals surface area contributed by atoms with Gasteiger partial charge < -0.3 is 5.11 Å². The Labute approximate surface area is 54.3 Å². The average Bonchev–Trinajstić information content (AvgIpc) is 2.13. The molecule has 0 aromatic carbocycles. The van der Waals surface area contributed by atoms with Gasteiger partial charge in [-0.25, -0.2) is 0 Å². The maximum atomic E-state index is 10.1. The first-order valence-electron chi connectivity index (χ1n) is 2.77. The van der Waals surface area contributed by atoms with E-state index in [2.05, 4.69) is 0 Å². The van der Waals surface area contributed by atoms with E-state index in [9.17, 15) is 5.11 Å². The van der Waals surface area contributed by atoms with Crippen LogP contribution in [0.5, 0.6) is 0 Å². The Bertz CT molecular complexity index is 177. The zero-order valence-electron chi connectivity index (χ0n) is 4.95. The summed E-state index contributed by atoms with van der Waals surface area (Å²) >= 11 is 0. The summed E-state index contributed by atoms with van der Waals surface area (Å²) < 4.78 is 0. The zero-order valence-corrected chi connectivity index (χ0v) is 4.95. The highest BCUT2D eigenvalue weighted by Gasteiger charge is 1.79. The molecule has 1 aliphatic carbocycles. The van der Waals surface area contributed by atoms with Crippen molar-refractivity contribution in [2.75, 3.05) is 0 Å². The third-order valence-corrected chi connectivity index (χ3v) is 1.05. The van der Waals surface area contributed by atoms with Gasteiger partial charge in [0.25, 0.3) is 0 Å². The SMILES string of the molecule is [O-]C=C1C=CC=CC=C1. The molecular formula is C8H7O-. The molecule has 0 unspecified atom stereocenters. The lowest BCUT2D eigenvalue weighted by Crippen LogP contribution is -1.87. The largest absolute Gasteiger partial charge is 0.877 e. The van der Waals surface area contributed by atoms with Crippen molar-refractivity contribution < 1.29 is 5.11 Å². The first-order chi connectivity index (χ1) is 4.43. The number of rotatable bonds is 0. The predicted molar refractivity (Wildman–Crippen MR) is 35.5 cm³/mol. The maximum absolute atomic E-state index is 10.1. The van der Waals surface area contributed by atoms with Crippen molar-refractivity contribution in [1.29, 1.82) is 0 Å². The minimum absolute atomic E-state index is 0.708. The highest BCUT2D eigenvalue weighted by molar-refractivity contribution is 5.35. The molecule has 1 aliphatic rings. The van der Waals surface area contributed by atoms with Crippen molar-refractivity contribution in [2.24, 2.45) is 0 Å². The van der Waals surface area contributed by atoms with Crippen LogP contribution in [0.4, 0.5) is 0 Å². The molecule has 1 nitrogen and oxygen atoms in total. The lowest BCUT2D eigenvalue weighted by Gasteiger charge is -1.93. The van der Waals surface area contributed by atoms with Crippen molar-refractivity contribution in [3.63, 3.8) is 0 Å². The van der Waals surface area contributed by atoms with Crippen molar-refractivity contribution in [3.05, 3.63) is 48.3 Å². The summed E-state index contributed by atoms with van der Waals surface area (Å²) in [6.07, 6.45) is 11.8. The molecule has 0 aromatic rings. The van der Waals surface area contributed by atoms with E-state index in [0.717, 1.165) is 6.26 Å². The van der Waals surface area contributed by atoms with E-state index in [-0.39, 0.29) is 0 Å². The minimum atomic E-state index is 0.708. The van der Waals surface area contributed by atoms with E-state index >= 15 is 0 Å². The Morgan fingerprint density at radius 3 is 2.00 bits per heavy atom. The molecule has 0 fully saturated rings. The van der Waals surface area contributed by atoms with E-state index in [1.54, 1.807) is 12.2 Å². The molecule has 1 heteroatoms. The van der Waals surface area contributed by atoms with E-state index in [4.69, 9.17) is 0 Å². The quantitative estimate of drug-likeness (QED) is 0.435. The van der Waals surface area contributed by atoms with Crippen LogP contribution in [0.2, 0.25) is 0 Å². The van der Waals surface area contributed by atoms with Gasteiger partial charge in [0.1, 0.15) is 0 Å². The molecule has 0 saturated heterocycles. The molecule has 0 amide bonds. The average molecular weight is 119 g/mol. The Morgan fingerprint density at radius 1 is 1.00 bits per heavy atom. The predicted octanol–water partition coefficient (Wildman–Crippen LogP) is 0.913. The highest BCUT2D eigenvalue weighted by atomic mass is 16.2. The summed E-state index contributed by atoms with van der Waals surface area (Å²) in [5, 5.41) is 10.1. The van der Waals surface area contributed by atoms with Crippen molar-refractivity contribution in [1.82, 2.24) is 0 Å². The van der Waals surface area contributed by atoms with Gasteiger partial charge in [0.2, 0.25) is 0 Å². The molecular weight excluding hydrogens is 112 g/mol. The Balaban J connectivity index is 2.82. The molecule has 0 atom stereocenters.